The van der Waals surface area contributed by atoms with E-state index in [1.165, 1.54) is 13.0 Å². The molecule has 0 aliphatic heterocycles. The molecule has 0 saturated carbocycles. The molecule has 0 unspecified atom stereocenters. The van der Waals surface area contributed by atoms with Gasteiger partial charge in [0.15, 0.2) is 0 Å². The van der Waals surface area contributed by atoms with Crippen molar-refractivity contribution in [3.63, 3.8) is 0 Å². The molecule has 1 heterocycles. The molecular weight excluding hydrogens is 317 g/mol. The fourth-order valence-electron chi connectivity index (χ4n) is 2.73. The second-order valence-corrected chi connectivity index (χ2v) is 5.88. The standard InChI is InChI=1S/C20H18FN3O/c1-12-8-18(21)19(22)11-17(12)16-5-3-4-14(9-16)15-6-7-23-20(10-15)24-13(2)25/h3-11H,22H2,1-2H3,(H,23,24,25). The van der Waals surface area contributed by atoms with E-state index in [0.29, 0.717) is 5.82 Å². The van der Waals surface area contributed by atoms with Crippen molar-refractivity contribution in [1.82, 2.24) is 4.98 Å². The van der Waals surface area contributed by atoms with Crippen LogP contribution in [0.1, 0.15) is 12.5 Å². The van der Waals surface area contributed by atoms with Crippen LogP contribution in [0.2, 0.25) is 0 Å². The summed E-state index contributed by atoms with van der Waals surface area (Å²) < 4.78 is 13.6. The van der Waals surface area contributed by atoms with Gasteiger partial charge in [0, 0.05) is 13.1 Å². The summed E-state index contributed by atoms with van der Waals surface area (Å²) in [6.45, 7) is 3.29. The quantitative estimate of drug-likeness (QED) is 0.697. The minimum atomic E-state index is -0.411. The Balaban J connectivity index is 2.03. The number of hydrogen-bond donors (Lipinski definition) is 2. The van der Waals surface area contributed by atoms with Gasteiger partial charge in [-0.25, -0.2) is 9.37 Å². The second-order valence-electron chi connectivity index (χ2n) is 5.88. The highest BCUT2D eigenvalue weighted by Crippen LogP contribution is 2.31. The predicted octanol–water partition coefficient (Wildman–Crippen LogP) is 4.40. The van der Waals surface area contributed by atoms with E-state index in [1.807, 2.05) is 43.3 Å². The van der Waals surface area contributed by atoms with E-state index in [1.54, 1.807) is 12.3 Å². The first-order valence-electron chi connectivity index (χ1n) is 7.84. The number of halogens is 1. The van der Waals surface area contributed by atoms with Crippen LogP contribution < -0.4 is 11.1 Å². The molecule has 4 nitrogen and oxygen atoms in total. The molecule has 0 spiro atoms. The van der Waals surface area contributed by atoms with E-state index >= 15 is 0 Å². The topological polar surface area (TPSA) is 68.0 Å². The predicted molar refractivity (Wildman–Crippen MR) is 98.5 cm³/mol. The lowest BCUT2D eigenvalue weighted by Gasteiger charge is -2.11. The Labute approximate surface area is 145 Å². The molecule has 0 atom stereocenters. The van der Waals surface area contributed by atoms with Crippen molar-refractivity contribution in [2.45, 2.75) is 13.8 Å². The Kier molecular flexibility index (Phi) is 4.48. The summed E-state index contributed by atoms with van der Waals surface area (Å²) in [5.74, 6) is -0.0834. The zero-order valence-electron chi connectivity index (χ0n) is 14.0. The first-order valence-corrected chi connectivity index (χ1v) is 7.84. The molecule has 3 aromatic rings. The second kappa shape index (κ2) is 6.73. The monoisotopic (exact) mass is 335 g/mol. The van der Waals surface area contributed by atoms with Crippen molar-refractivity contribution < 1.29 is 9.18 Å². The number of carbonyl (C=O) groups is 1. The Morgan fingerprint density at radius 1 is 1.08 bits per heavy atom. The lowest BCUT2D eigenvalue weighted by molar-refractivity contribution is -0.114. The maximum Gasteiger partial charge on any atom is 0.222 e. The molecular formula is C20H18FN3O. The van der Waals surface area contributed by atoms with Crippen LogP contribution in [0.3, 0.4) is 0 Å². The molecule has 126 valence electrons. The van der Waals surface area contributed by atoms with Crippen molar-refractivity contribution in [3.05, 3.63) is 66.1 Å². The number of nitrogen functional groups attached to an aromatic ring is 1. The van der Waals surface area contributed by atoms with Crippen LogP contribution in [-0.4, -0.2) is 10.9 Å². The molecule has 0 saturated heterocycles. The van der Waals surface area contributed by atoms with Crippen molar-refractivity contribution in [2.24, 2.45) is 0 Å². The molecule has 0 aliphatic rings. The summed E-state index contributed by atoms with van der Waals surface area (Å²) in [7, 11) is 0. The highest BCUT2D eigenvalue weighted by Gasteiger charge is 2.09. The third kappa shape index (κ3) is 3.66. The van der Waals surface area contributed by atoms with Gasteiger partial charge < -0.3 is 11.1 Å². The number of nitrogens with one attached hydrogen (secondary N) is 1. The number of aromatic nitrogens is 1. The van der Waals surface area contributed by atoms with Gasteiger partial charge in [-0.05, 0) is 65.1 Å². The molecule has 0 bridgehead atoms. The average Bonchev–Trinajstić information content (AvgIpc) is 2.58. The number of nitrogens with two attached hydrogens (primary N) is 1. The number of aryl methyl sites for hydroxylation is 1. The molecule has 25 heavy (non-hydrogen) atoms. The number of rotatable bonds is 3. The zero-order valence-corrected chi connectivity index (χ0v) is 14.0. The van der Waals surface area contributed by atoms with Crippen LogP contribution in [0.5, 0.6) is 0 Å². The van der Waals surface area contributed by atoms with Crippen LogP contribution in [0.15, 0.2) is 54.7 Å². The minimum absolute atomic E-state index is 0.128. The molecule has 1 amide bonds. The number of hydrogen-bond acceptors (Lipinski definition) is 3. The molecule has 0 radical (unpaired) electrons. The van der Waals surface area contributed by atoms with Crippen molar-refractivity contribution in [3.8, 4) is 22.3 Å². The van der Waals surface area contributed by atoms with Crippen LogP contribution >= 0.6 is 0 Å². The molecule has 0 aliphatic carbocycles. The van der Waals surface area contributed by atoms with Crippen LogP contribution in [0, 0.1) is 12.7 Å². The number of benzene rings is 2. The zero-order chi connectivity index (χ0) is 18.0. The largest absolute Gasteiger partial charge is 0.396 e. The fraction of sp³-hybridized carbons (Fsp3) is 0.100. The van der Waals surface area contributed by atoms with Gasteiger partial charge in [-0.15, -0.1) is 0 Å². The lowest BCUT2D eigenvalue weighted by Crippen LogP contribution is -2.07. The smallest absolute Gasteiger partial charge is 0.222 e. The molecule has 5 heteroatoms. The molecule has 2 aromatic carbocycles. The summed E-state index contributed by atoms with van der Waals surface area (Å²) in [4.78, 5) is 15.3. The van der Waals surface area contributed by atoms with Gasteiger partial charge in [-0.1, -0.05) is 18.2 Å². The highest BCUT2D eigenvalue weighted by atomic mass is 19.1. The Hall–Kier alpha value is -3.21. The van der Waals surface area contributed by atoms with Gasteiger partial charge in [0.25, 0.3) is 0 Å². The van der Waals surface area contributed by atoms with Crippen molar-refractivity contribution in [1.29, 1.82) is 0 Å². The highest BCUT2D eigenvalue weighted by molar-refractivity contribution is 5.88. The number of carbonyl (C=O) groups excluding carboxylic acids is 1. The number of pyridine rings is 1. The van der Waals surface area contributed by atoms with E-state index in [4.69, 9.17) is 5.73 Å². The summed E-state index contributed by atoms with van der Waals surface area (Å²) >= 11 is 0. The lowest BCUT2D eigenvalue weighted by atomic mass is 9.96. The number of nitrogens with zero attached hydrogens (tertiary/aromatic N) is 1. The van der Waals surface area contributed by atoms with Gasteiger partial charge in [0.1, 0.15) is 11.6 Å². The number of anilines is 2. The maximum absolute atomic E-state index is 13.6. The summed E-state index contributed by atoms with van der Waals surface area (Å²) in [6, 6.07) is 14.6. The molecule has 1 aromatic heterocycles. The summed E-state index contributed by atoms with van der Waals surface area (Å²) in [5.41, 5.74) is 10.4. The number of amides is 1. The normalized spacial score (nSPS) is 10.5. The Morgan fingerprint density at radius 2 is 1.80 bits per heavy atom. The third-order valence-corrected chi connectivity index (χ3v) is 3.91. The first-order chi connectivity index (χ1) is 11.9. The van der Waals surface area contributed by atoms with Gasteiger partial charge in [-0.2, -0.15) is 0 Å². The van der Waals surface area contributed by atoms with Gasteiger partial charge in [-0.3, -0.25) is 4.79 Å². The van der Waals surface area contributed by atoms with Crippen LogP contribution in [0.25, 0.3) is 22.3 Å². The van der Waals surface area contributed by atoms with Crippen molar-refractivity contribution >= 4 is 17.4 Å². The van der Waals surface area contributed by atoms with Crippen LogP contribution in [-0.2, 0) is 4.79 Å². The fourth-order valence-corrected chi connectivity index (χ4v) is 2.73. The molecule has 3 N–H and O–H groups in total. The summed E-state index contributed by atoms with van der Waals surface area (Å²) in [6.07, 6.45) is 1.65. The van der Waals surface area contributed by atoms with Gasteiger partial charge in [0.05, 0.1) is 5.69 Å². The first kappa shape index (κ1) is 16.6. The molecule has 0 fully saturated rings. The van der Waals surface area contributed by atoms with E-state index < -0.39 is 5.82 Å². The van der Waals surface area contributed by atoms with E-state index in [2.05, 4.69) is 10.3 Å². The van der Waals surface area contributed by atoms with Gasteiger partial charge >= 0.3 is 0 Å². The SMILES string of the molecule is CC(=O)Nc1cc(-c2cccc(-c3cc(N)c(F)cc3C)c2)ccn1. The maximum atomic E-state index is 13.6. The van der Waals surface area contributed by atoms with E-state index in [-0.39, 0.29) is 11.6 Å². The van der Waals surface area contributed by atoms with Crippen LogP contribution in [0.4, 0.5) is 15.9 Å². The van der Waals surface area contributed by atoms with Crippen molar-refractivity contribution in [2.75, 3.05) is 11.1 Å². The van der Waals surface area contributed by atoms with E-state index in [9.17, 15) is 9.18 Å². The molecule has 3 rings (SSSR count). The third-order valence-electron chi connectivity index (χ3n) is 3.91. The minimum Gasteiger partial charge on any atom is -0.396 e. The summed E-state index contributed by atoms with van der Waals surface area (Å²) in [5, 5.41) is 2.68. The van der Waals surface area contributed by atoms with Gasteiger partial charge in [0.2, 0.25) is 5.91 Å². The Morgan fingerprint density at radius 3 is 2.56 bits per heavy atom. The van der Waals surface area contributed by atoms with E-state index in [0.717, 1.165) is 27.8 Å². The Bertz CT molecular complexity index is 953. The average molecular weight is 335 g/mol.